The highest BCUT2D eigenvalue weighted by Gasteiger charge is 2.20. The van der Waals surface area contributed by atoms with Crippen LogP contribution in [0, 0.1) is 0 Å². The third-order valence-electron chi connectivity index (χ3n) is 4.39. The monoisotopic (exact) mass is 454 g/mol. The van der Waals surface area contributed by atoms with Crippen molar-refractivity contribution in [3.05, 3.63) is 88.2 Å². The number of hydrogen-bond donors (Lipinski definition) is 1. The van der Waals surface area contributed by atoms with Gasteiger partial charge >= 0.3 is 0 Å². The standard InChI is InChI=1S/C23H23BrN2O3/c1-3-13-29-22-19(24)14-18(15-20(22)28-2)23(27)26-21(16-7-5-4-6-8-16)17-9-11-25-12-10-17/h4-12,14-15,21H,3,13H2,1-2H3,(H,26,27). The van der Waals surface area contributed by atoms with Gasteiger partial charge < -0.3 is 14.8 Å². The first kappa shape index (κ1) is 20.9. The van der Waals surface area contributed by atoms with Crippen LogP contribution in [-0.4, -0.2) is 24.6 Å². The van der Waals surface area contributed by atoms with Crippen molar-refractivity contribution in [1.82, 2.24) is 10.3 Å². The summed E-state index contributed by atoms with van der Waals surface area (Å²) >= 11 is 3.50. The number of halogens is 1. The Bertz CT molecular complexity index is 910. The molecule has 0 bridgehead atoms. The molecule has 1 N–H and O–H groups in total. The topological polar surface area (TPSA) is 60.5 Å². The molecule has 3 aromatic rings. The van der Waals surface area contributed by atoms with Gasteiger partial charge in [-0.25, -0.2) is 0 Å². The van der Waals surface area contributed by atoms with Crippen molar-refractivity contribution in [2.45, 2.75) is 19.4 Å². The number of methoxy groups -OCH3 is 1. The van der Waals surface area contributed by atoms with Crippen molar-refractivity contribution in [2.24, 2.45) is 0 Å². The van der Waals surface area contributed by atoms with Crippen LogP contribution < -0.4 is 14.8 Å². The van der Waals surface area contributed by atoms with Crippen LogP contribution in [0.4, 0.5) is 0 Å². The van der Waals surface area contributed by atoms with Gasteiger partial charge in [0, 0.05) is 18.0 Å². The van der Waals surface area contributed by atoms with Crippen LogP contribution >= 0.6 is 15.9 Å². The first-order valence-corrected chi connectivity index (χ1v) is 10.2. The summed E-state index contributed by atoms with van der Waals surface area (Å²) in [4.78, 5) is 17.2. The van der Waals surface area contributed by atoms with E-state index in [0.29, 0.717) is 28.1 Å². The SMILES string of the molecule is CCCOc1c(Br)cc(C(=O)NC(c2ccccc2)c2ccncc2)cc1OC. The van der Waals surface area contributed by atoms with Crippen molar-refractivity contribution in [1.29, 1.82) is 0 Å². The number of amides is 1. The minimum absolute atomic E-state index is 0.211. The van der Waals surface area contributed by atoms with Crippen molar-refractivity contribution < 1.29 is 14.3 Å². The minimum Gasteiger partial charge on any atom is -0.493 e. The second-order valence-corrected chi connectivity index (χ2v) is 7.29. The molecule has 0 spiro atoms. The van der Waals surface area contributed by atoms with Crippen molar-refractivity contribution in [3.63, 3.8) is 0 Å². The van der Waals surface area contributed by atoms with E-state index >= 15 is 0 Å². The molecule has 0 radical (unpaired) electrons. The largest absolute Gasteiger partial charge is 0.493 e. The molecule has 0 aliphatic rings. The summed E-state index contributed by atoms with van der Waals surface area (Å²) in [6, 6.07) is 16.8. The fraction of sp³-hybridized carbons (Fsp3) is 0.217. The maximum atomic E-state index is 13.1. The van der Waals surface area contributed by atoms with E-state index < -0.39 is 0 Å². The number of carbonyl (C=O) groups excluding carboxylic acids is 1. The fourth-order valence-electron chi connectivity index (χ4n) is 2.97. The number of aromatic nitrogens is 1. The number of hydrogen-bond acceptors (Lipinski definition) is 4. The maximum absolute atomic E-state index is 13.1. The molecule has 3 rings (SSSR count). The van der Waals surface area contributed by atoms with Gasteiger partial charge in [-0.3, -0.25) is 9.78 Å². The summed E-state index contributed by atoms with van der Waals surface area (Å²) in [7, 11) is 1.56. The number of nitrogens with one attached hydrogen (secondary N) is 1. The number of rotatable bonds is 8. The maximum Gasteiger partial charge on any atom is 0.252 e. The molecular weight excluding hydrogens is 432 g/mol. The number of benzene rings is 2. The molecule has 1 heterocycles. The minimum atomic E-state index is -0.299. The van der Waals surface area contributed by atoms with Crippen molar-refractivity contribution in [3.8, 4) is 11.5 Å². The first-order chi connectivity index (χ1) is 14.1. The predicted molar refractivity (Wildman–Crippen MR) is 116 cm³/mol. The highest BCUT2D eigenvalue weighted by Crippen LogP contribution is 2.37. The third kappa shape index (κ3) is 5.15. The van der Waals surface area contributed by atoms with E-state index in [1.165, 1.54) is 0 Å². The lowest BCUT2D eigenvalue weighted by atomic mass is 9.99. The average molecular weight is 455 g/mol. The fourth-order valence-corrected chi connectivity index (χ4v) is 3.53. The predicted octanol–water partition coefficient (Wildman–Crippen LogP) is 5.16. The Morgan fingerprint density at radius 1 is 1.10 bits per heavy atom. The molecule has 0 saturated carbocycles. The van der Waals surface area contributed by atoms with Crippen LogP contribution in [0.1, 0.15) is 40.9 Å². The second kappa shape index (κ2) is 10.1. The van der Waals surface area contributed by atoms with Gasteiger partial charge in [-0.05, 0) is 57.7 Å². The molecule has 0 aliphatic heterocycles. The van der Waals surface area contributed by atoms with Gasteiger partial charge in [0.15, 0.2) is 11.5 Å². The second-order valence-electron chi connectivity index (χ2n) is 6.44. The number of ether oxygens (including phenoxy) is 2. The molecule has 1 unspecified atom stereocenters. The highest BCUT2D eigenvalue weighted by atomic mass is 79.9. The van der Waals surface area contributed by atoms with Gasteiger partial charge in [0.05, 0.1) is 24.2 Å². The van der Waals surface area contributed by atoms with Crippen LogP contribution in [0.25, 0.3) is 0 Å². The van der Waals surface area contributed by atoms with E-state index in [1.54, 1.807) is 31.6 Å². The van der Waals surface area contributed by atoms with Gasteiger partial charge in [0.2, 0.25) is 0 Å². The Balaban J connectivity index is 1.91. The smallest absolute Gasteiger partial charge is 0.252 e. The Hall–Kier alpha value is -2.86. The molecule has 29 heavy (non-hydrogen) atoms. The average Bonchev–Trinajstić information content (AvgIpc) is 2.77. The molecule has 2 aromatic carbocycles. The number of pyridine rings is 1. The lowest BCUT2D eigenvalue weighted by Gasteiger charge is -2.20. The molecule has 1 aromatic heterocycles. The molecule has 0 saturated heterocycles. The van der Waals surface area contributed by atoms with Crippen LogP contribution in [0.2, 0.25) is 0 Å². The van der Waals surface area contributed by atoms with E-state index in [2.05, 4.69) is 26.2 Å². The van der Waals surface area contributed by atoms with Gasteiger partial charge in [-0.2, -0.15) is 0 Å². The Labute approximate surface area is 179 Å². The number of carbonyl (C=O) groups is 1. The zero-order valence-corrected chi connectivity index (χ0v) is 18.0. The summed E-state index contributed by atoms with van der Waals surface area (Å²) in [6.07, 6.45) is 4.32. The number of nitrogens with zero attached hydrogens (tertiary/aromatic N) is 1. The molecule has 6 heteroatoms. The quantitative estimate of drug-likeness (QED) is 0.510. The van der Waals surface area contributed by atoms with Crippen LogP contribution in [0.15, 0.2) is 71.5 Å². The van der Waals surface area contributed by atoms with Crippen molar-refractivity contribution >= 4 is 21.8 Å². The molecule has 1 atom stereocenters. The molecule has 0 fully saturated rings. The molecule has 150 valence electrons. The van der Waals surface area contributed by atoms with Gasteiger partial charge in [0.1, 0.15) is 0 Å². The van der Waals surface area contributed by atoms with Crippen LogP contribution in [0.3, 0.4) is 0 Å². The van der Waals surface area contributed by atoms with E-state index in [1.807, 2.05) is 49.4 Å². The van der Waals surface area contributed by atoms with Crippen LogP contribution in [0.5, 0.6) is 11.5 Å². The summed E-state index contributed by atoms with van der Waals surface area (Å²) in [5.41, 5.74) is 2.42. The Morgan fingerprint density at radius 3 is 2.45 bits per heavy atom. The Kier molecular flexibility index (Phi) is 7.25. The zero-order valence-electron chi connectivity index (χ0n) is 16.4. The molecular formula is C23H23BrN2O3. The first-order valence-electron chi connectivity index (χ1n) is 9.40. The van der Waals surface area contributed by atoms with Gasteiger partial charge in [-0.1, -0.05) is 37.3 Å². The lowest BCUT2D eigenvalue weighted by Crippen LogP contribution is -2.29. The lowest BCUT2D eigenvalue weighted by molar-refractivity contribution is 0.0942. The molecule has 1 amide bonds. The normalized spacial score (nSPS) is 11.6. The summed E-state index contributed by atoms with van der Waals surface area (Å²) in [6.45, 7) is 2.60. The summed E-state index contributed by atoms with van der Waals surface area (Å²) in [5.74, 6) is 0.898. The molecule has 5 nitrogen and oxygen atoms in total. The summed E-state index contributed by atoms with van der Waals surface area (Å²) < 4.78 is 11.9. The van der Waals surface area contributed by atoms with E-state index in [4.69, 9.17) is 9.47 Å². The summed E-state index contributed by atoms with van der Waals surface area (Å²) in [5, 5.41) is 3.12. The van der Waals surface area contributed by atoms with Gasteiger partial charge in [-0.15, -0.1) is 0 Å². The van der Waals surface area contributed by atoms with E-state index in [0.717, 1.165) is 17.5 Å². The highest BCUT2D eigenvalue weighted by molar-refractivity contribution is 9.10. The van der Waals surface area contributed by atoms with Crippen LogP contribution in [-0.2, 0) is 0 Å². The van der Waals surface area contributed by atoms with E-state index in [-0.39, 0.29) is 11.9 Å². The van der Waals surface area contributed by atoms with Crippen molar-refractivity contribution in [2.75, 3.05) is 13.7 Å². The third-order valence-corrected chi connectivity index (χ3v) is 4.98. The van der Waals surface area contributed by atoms with E-state index in [9.17, 15) is 4.79 Å². The Morgan fingerprint density at radius 2 is 1.79 bits per heavy atom. The van der Waals surface area contributed by atoms with Gasteiger partial charge in [0.25, 0.3) is 5.91 Å². The molecule has 0 aliphatic carbocycles. The zero-order chi connectivity index (χ0) is 20.6.